The molecule has 4 atom stereocenters. The van der Waals surface area contributed by atoms with E-state index in [9.17, 15) is 19.8 Å². The topological polar surface area (TPSA) is 90.3 Å². The fraction of sp³-hybridized carbons (Fsp3) is 0.440. The maximum atomic E-state index is 12.7. The van der Waals surface area contributed by atoms with Gasteiger partial charge in [-0.15, -0.1) is 0 Å². The van der Waals surface area contributed by atoms with E-state index in [0.717, 1.165) is 16.5 Å². The van der Waals surface area contributed by atoms with Gasteiger partial charge in [-0.1, -0.05) is 31.2 Å². The number of aliphatic hydroxyl groups is 2. The zero-order valence-electron chi connectivity index (χ0n) is 18.9. The van der Waals surface area contributed by atoms with Crippen LogP contribution in [-0.4, -0.2) is 63.7 Å². The summed E-state index contributed by atoms with van der Waals surface area (Å²) in [6.45, 7) is 5.00. The Hall–Kier alpha value is -2.39. The summed E-state index contributed by atoms with van der Waals surface area (Å²) in [6.07, 6.45) is -0.139. The molecule has 0 aliphatic carbocycles. The molecule has 0 saturated carbocycles. The Labute approximate surface area is 197 Å². The minimum atomic E-state index is -0.760. The van der Waals surface area contributed by atoms with Crippen LogP contribution in [0.15, 0.2) is 46.5 Å². The molecule has 5 rings (SSSR count). The fourth-order valence-corrected chi connectivity index (χ4v) is 6.71. The van der Waals surface area contributed by atoms with Crippen LogP contribution in [0.3, 0.4) is 0 Å². The summed E-state index contributed by atoms with van der Waals surface area (Å²) >= 11 is 1.66. The Balaban J connectivity index is 1.45. The minimum absolute atomic E-state index is 0.0476. The summed E-state index contributed by atoms with van der Waals surface area (Å²) in [5.74, 6) is -1.25. The van der Waals surface area contributed by atoms with Gasteiger partial charge in [0.25, 0.3) is 0 Å². The van der Waals surface area contributed by atoms with Crippen LogP contribution in [-0.2, 0) is 27.3 Å². The number of carbonyl (C=O) groups is 2. The quantitative estimate of drug-likeness (QED) is 0.382. The predicted octanol–water partition coefficient (Wildman–Crippen LogP) is 2.48. The fourth-order valence-electron chi connectivity index (χ4n) is 5.62. The molecule has 0 bridgehead atoms. The standard InChI is InChI=1S/C25H28N2O5S/c1-13-18(23(25(31)32-3)27-22(13)21(14(2)29)24(27)30)11-26-12-19-17-6-4-5-15(9-10-28)16(17)7-8-20(19)33-26/h4-8,13-14,21-22,28-29H,9-12H2,1-3H3/t13-,14?,21?,22?/m0/s1. The molecule has 3 aliphatic heterocycles. The smallest absolute Gasteiger partial charge is 0.354 e. The number of methoxy groups -OCH3 is 1. The summed E-state index contributed by atoms with van der Waals surface area (Å²) < 4.78 is 7.24. The number of hydrogen-bond acceptors (Lipinski definition) is 7. The Kier molecular flexibility index (Phi) is 5.73. The molecule has 2 N–H and O–H groups in total. The molecule has 2 aromatic carbocycles. The molecule has 1 saturated heterocycles. The lowest BCUT2D eigenvalue weighted by molar-refractivity contribution is -0.163. The van der Waals surface area contributed by atoms with Gasteiger partial charge in [-0.05, 0) is 58.8 Å². The van der Waals surface area contributed by atoms with Crippen LogP contribution in [0.25, 0.3) is 10.8 Å². The number of benzene rings is 2. The normalized spacial score (nSPS) is 25.3. The van der Waals surface area contributed by atoms with Crippen molar-refractivity contribution in [2.45, 2.75) is 43.9 Å². The van der Waals surface area contributed by atoms with Crippen molar-refractivity contribution in [1.29, 1.82) is 0 Å². The third-order valence-electron chi connectivity index (χ3n) is 7.20. The number of hydrogen-bond donors (Lipinski definition) is 2. The molecule has 174 valence electrons. The second kappa shape index (κ2) is 8.43. The highest BCUT2D eigenvalue weighted by molar-refractivity contribution is 7.97. The van der Waals surface area contributed by atoms with Crippen LogP contribution in [0.4, 0.5) is 0 Å². The lowest BCUT2D eigenvalue weighted by atomic mass is 9.78. The lowest BCUT2D eigenvalue weighted by Gasteiger charge is -2.46. The van der Waals surface area contributed by atoms with Gasteiger partial charge in [-0.2, -0.15) is 0 Å². The molecule has 0 radical (unpaired) electrons. The van der Waals surface area contributed by atoms with Crippen molar-refractivity contribution in [3.05, 3.63) is 52.7 Å². The summed E-state index contributed by atoms with van der Waals surface area (Å²) in [5.41, 5.74) is 3.59. The predicted molar refractivity (Wildman–Crippen MR) is 125 cm³/mol. The number of ether oxygens (including phenoxy) is 1. The molecule has 1 amide bonds. The van der Waals surface area contributed by atoms with Crippen LogP contribution < -0.4 is 0 Å². The molecular formula is C25H28N2O5S. The molecule has 0 aromatic heterocycles. The molecule has 3 aliphatic rings. The van der Waals surface area contributed by atoms with Gasteiger partial charge in [0.15, 0.2) is 0 Å². The number of β-lactam (4-membered cyclic amide) rings is 1. The highest BCUT2D eigenvalue weighted by Crippen LogP contribution is 2.49. The van der Waals surface area contributed by atoms with Gasteiger partial charge >= 0.3 is 5.97 Å². The average molecular weight is 469 g/mol. The Morgan fingerprint density at radius 1 is 1.27 bits per heavy atom. The van der Waals surface area contributed by atoms with E-state index in [0.29, 0.717) is 25.2 Å². The third kappa shape index (κ3) is 3.39. The van der Waals surface area contributed by atoms with Gasteiger partial charge in [0.2, 0.25) is 5.91 Å². The van der Waals surface area contributed by atoms with Gasteiger partial charge in [0.05, 0.1) is 25.2 Å². The zero-order valence-corrected chi connectivity index (χ0v) is 19.8. The van der Waals surface area contributed by atoms with Gasteiger partial charge in [0.1, 0.15) is 5.70 Å². The summed E-state index contributed by atoms with van der Waals surface area (Å²) in [7, 11) is 1.33. The van der Waals surface area contributed by atoms with Crippen molar-refractivity contribution in [1.82, 2.24) is 9.21 Å². The van der Waals surface area contributed by atoms with E-state index in [4.69, 9.17) is 4.74 Å². The van der Waals surface area contributed by atoms with Crippen LogP contribution in [0, 0.1) is 11.8 Å². The van der Waals surface area contributed by atoms with E-state index in [2.05, 4.69) is 28.6 Å². The maximum Gasteiger partial charge on any atom is 0.354 e. The third-order valence-corrected chi connectivity index (χ3v) is 8.30. The molecular weight excluding hydrogens is 440 g/mol. The van der Waals surface area contributed by atoms with E-state index in [1.165, 1.54) is 27.9 Å². The molecule has 2 aromatic rings. The number of rotatable bonds is 6. The van der Waals surface area contributed by atoms with E-state index in [1.54, 1.807) is 18.9 Å². The summed E-state index contributed by atoms with van der Waals surface area (Å²) in [4.78, 5) is 28.1. The van der Waals surface area contributed by atoms with E-state index in [1.807, 2.05) is 13.0 Å². The second-order valence-electron chi connectivity index (χ2n) is 9.04. The van der Waals surface area contributed by atoms with Gasteiger partial charge in [0, 0.05) is 30.5 Å². The van der Waals surface area contributed by atoms with Crippen LogP contribution in [0.2, 0.25) is 0 Å². The average Bonchev–Trinajstić information content (AvgIpc) is 3.31. The van der Waals surface area contributed by atoms with Crippen molar-refractivity contribution >= 4 is 34.6 Å². The van der Waals surface area contributed by atoms with Gasteiger partial charge in [-0.3, -0.25) is 4.79 Å². The number of fused-ring (bicyclic) bond motifs is 4. The SMILES string of the molecule is COC(=O)C1=C(CN2Cc3c(ccc4c(CCO)cccc34)S2)[C@H](C)C2C(C(C)O)C(=O)N12. The zero-order chi connectivity index (χ0) is 23.4. The number of esters is 1. The largest absolute Gasteiger partial charge is 0.464 e. The number of amides is 1. The highest BCUT2D eigenvalue weighted by Gasteiger charge is 2.60. The Morgan fingerprint density at radius 3 is 2.76 bits per heavy atom. The molecule has 8 heteroatoms. The second-order valence-corrected chi connectivity index (χ2v) is 10.2. The maximum absolute atomic E-state index is 12.7. The van der Waals surface area contributed by atoms with Crippen molar-refractivity contribution in [3.63, 3.8) is 0 Å². The van der Waals surface area contributed by atoms with Crippen LogP contribution in [0.5, 0.6) is 0 Å². The number of aliphatic hydroxyl groups excluding tert-OH is 2. The molecule has 33 heavy (non-hydrogen) atoms. The molecule has 1 fully saturated rings. The van der Waals surface area contributed by atoms with Crippen molar-refractivity contribution in [3.8, 4) is 0 Å². The van der Waals surface area contributed by atoms with Gasteiger partial charge < -0.3 is 19.8 Å². The molecule has 3 unspecified atom stereocenters. The van der Waals surface area contributed by atoms with E-state index in [-0.39, 0.29) is 24.5 Å². The van der Waals surface area contributed by atoms with Gasteiger partial charge in [-0.25, -0.2) is 9.10 Å². The van der Waals surface area contributed by atoms with Crippen LogP contribution >= 0.6 is 11.9 Å². The molecule has 0 spiro atoms. The van der Waals surface area contributed by atoms with Crippen molar-refractivity contribution < 1.29 is 24.5 Å². The monoisotopic (exact) mass is 468 g/mol. The first kappa shape index (κ1) is 22.4. The highest BCUT2D eigenvalue weighted by atomic mass is 32.2. The summed E-state index contributed by atoms with van der Waals surface area (Å²) in [5, 5.41) is 21.9. The first-order chi connectivity index (χ1) is 15.9. The number of carbonyl (C=O) groups excluding carboxylic acids is 2. The minimum Gasteiger partial charge on any atom is -0.464 e. The van der Waals surface area contributed by atoms with Crippen molar-refractivity contribution in [2.24, 2.45) is 11.8 Å². The Morgan fingerprint density at radius 2 is 2.06 bits per heavy atom. The van der Waals surface area contributed by atoms with Crippen LogP contribution in [0.1, 0.15) is 25.0 Å². The molecule has 7 nitrogen and oxygen atoms in total. The lowest BCUT2D eigenvalue weighted by Crippen LogP contribution is -2.63. The van der Waals surface area contributed by atoms with E-state index >= 15 is 0 Å². The molecule has 3 heterocycles. The first-order valence-electron chi connectivity index (χ1n) is 11.3. The van der Waals surface area contributed by atoms with E-state index < -0.39 is 18.0 Å². The summed E-state index contributed by atoms with van der Waals surface area (Å²) in [6, 6.07) is 10.2. The first-order valence-corrected chi connectivity index (χ1v) is 12.0. The number of nitrogens with zero attached hydrogens (tertiary/aromatic N) is 2. The van der Waals surface area contributed by atoms with Crippen molar-refractivity contribution in [2.75, 3.05) is 20.3 Å². The Bertz CT molecular complexity index is 1180.